The van der Waals surface area contributed by atoms with Crippen molar-refractivity contribution in [1.29, 1.82) is 0 Å². The van der Waals surface area contributed by atoms with Gasteiger partial charge in [0.15, 0.2) is 6.23 Å². The van der Waals surface area contributed by atoms with Crippen molar-refractivity contribution in [2.24, 2.45) is 0 Å². The minimum Gasteiger partial charge on any atom is -0.374 e. The van der Waals surface area contributed by atoms with Crippen LogP contribution in [0.5, 0.6) is 0 Å². The molecule has 7 nitrogen and oxygen atoms in total. The molecule has 1 aliphatic carbocycles. The lowest BCUT2D eigenvalue weighted by Crippen LogP contribution is -2.38. The van der Waals surface area contributed by atoms with Crippen molar-refractivity contribution in [2.45, 2.75) is 68.9 Å². The van der Waals surface area contributed by atoms with Gasteiger partial charge in [-0.15, -0.1) is 0 Å². The van der Waals surface area contributed by atoms with Gasteiger partial charge in [-0.3, -0.25) is 0 Å². The first-order valence-electron chi connectivity index (χ1n) is 15.3. The van der Waals surface area contributed by atoms with Crippen LogP contribution in [0.1, 0.15) is 52.3 Å². The number of hydrogen-bond acceptors (Lipinski definition) is 7. The molecule has 1 saturated heterocycles. The third-order valence-corrected chi connectivity index (χ3v) is 8.98. The summed E-state index contributed by atoms with van der Waals surface area (Å²) in [6.07, 6.45) is 5.17. The van der Waals surface area contributed by atoms with Gasteiger partial charge in [-0.1, -0.05) is 91.0 Å². The number of hydrogen-bond donors (Lipinski definition) is 1. The first-order chi connectivity index (χ1) is 21.7. The fraction of sp³-hybridized carbons (Fsp3) is 0.333. The summed E-state index contributed by atoms with van der Waals surface area (Å²) in [5.74, 6) is 0. The SMILES string of the molecule is SC1CCCc2cn([C@@H]3O[C@H](COCc4ccccc4)[C@@H](OCc4ccccc4)[C@@H]3OCc3ccccc3)c3ncnc1c23. The third kappa shape index (κ3) is 6.32. The second kappa shape index (κ2) is 13.6. The number of aromatic nitrogens is 3. The Morgan fingerprint density at radius 2 is 1.39 bits per heavy atom. The van der Waals surface area contributed by atoms with Gasteiger partial charge >= 0.3 is 0 Å². The standard InChI is InChI=1S/C36H37N3O4S/c44-30-18-10-17-28-19-39(35-31(28)32(30)37-24-38-35)36-34(42-22-27-15-8-3-9-16-27)33(41-21-26-13-6-2-7-14-26)29(43-36)23-40-20-25-11-4-1-5-12-25/h1-9,11-16,19,24,29-30,33-34,36,44H,10,17-18,20-23H2/t29-,30?,33-,34+,36-/m1/s1. The predicted molar refractivity (Wildman–Crippen MR) is 172 cm³/mol. The Kier molecular flexibility index (Phi) is 9.04. The van der Waals surface area contributed by atoms with Gasteiger partial charge in [-0.25, -0.2) is 9.97 Å². The average Bonchev–Trinajstić information content (AvgIpc) is 3.56. The normalized spacial score (nSPS) is 23.2. The molecule has 5 aromatic rings. The fourth-order valence-electron chi connectivity index (χ4n) is 6.29. The maximum absolute atomic E-state index is 6.88. The monoisotopic (exact) mass is 607 g/mol. The van der Waals surface area contributed by atoms with Crippen LogP contribution in [-0.2, 0) is 45.2 Å². The summed E-state index contributed by atoms with van der Waals surface area (Å²) in [5.41, 5.74) is 6.35. The first-order valence-corrected chi connectivity index (χ1v) is 15.9. The van der Waals surface area contributed by atoms with Crippen molar-refractivity contribution < 1.29 is 18.9 Å². The van der Waals surface area contributed by atoms with Crippen LogP contribution < -0.4 is 0 Å². The van der Waals surface area contributed by atoms with Crippen LogP contribution in [0, 0.1) is 0 Å². The number of thiol groups is 1. The highest BCUT2D eigenvalue weighted by Crippen LogP contribution is 2.41. The van der Waals surface area contributed by atoms with Crippen LogP contribution in [0.15, 0.2) is 104 Å². The van der Waals surface area contributed by atoms with Crippen molar-refractivity contribution in [3.8, 4) is 0 Å². The van der Waals surface area contributed by atoms with E-state index in [1.807, 2.05) is 54.6 Å². The number of ether oxygens (including phenoxy) is 4. The summed E-state index contributed by atoms with van der Waals surface area (Å²) >= 11 is 4.89. The molecule has 0 radical (unpaired) electrons. The predicted octanol–water partition coefficient (Wildman–Crippen LogP) is 7.02. The van der Waals surface area contributed by atoms with Crippen LogP contribution >= 0.6 is 12.6 Å². The maximum atomic E-state index is 6.88. The summed E-state index contributed by atoms with van der Waals surface area (Å²) in [6.45, 7) is 1.72. The van der Waals surface area contributed by atoms with Gasteiger partial charge in [0.2, 0.25) is 0 Å². The molecule has 5 atom stereocenters. The van der Waals surface area contributed by atoms with E-state index < -0.39 is 12.3 Å². The van der Waals surface area contributed by atoms with Crippen molar-refractivity contribution in [3.63, 3.8) is 0 Å². The lowest BCUT2D eigenvalue weighted by Gasteiger charge is -2.26. The third-order valence-electron chi connectivity index (χ3n) is 8.48. The lowest BCUT2D eigenvalue weighted by molar-refractivity contribution is -0.0913. The minimum atomic E-state index is -0.471. The highest BCUT2D eigenvalue weighted by atomic mass is 32.1. The van der Waals surface area contributed by atoms with Crippen molar-refractivity contribution in [1.82, 2.24) is 14.5 Å². The highest BCUT2D eigenvalue weighted by molar-refractivity contribution is 7.80. The summed E-state index contributed by atoms with van der Waals surface area (Å²) in [4.78, 5) is 9.43. The zero-order chi connectivity index (χ0) is 29.7. The zero-order valence-electron chi connectivity index (χ0n) is 24.6. The van der Waals surface area contributed by atoms with E-state index in [4.69, 9.17) is 36.6 Å². The van der Waals surface area contributed by atoms with E-state index in [0.29, 0.717) is 26.4 Å². The average molecular weight is 608 g/mol. The molecule has 0 N–H and O–H groups in total. The molecular formula is C36H37N3O4S. The molecule has 2 aromatic heterocycles. The molecule has 1 unspecified atom stereocenters. The Morgan fingerprint density at radius 3 is 2.05 bits per heavy atom. The summed E-state index contributed by atoms with van der Waals surface area (Å²) in [5, 5.41) is 1.16. The summed E-state index contributed by atoms with van der Waals surface area (Å²) in [6, 6.07) is 30.6. The van der Waals surface area contributed by atoms with Crippen LogP contribution in [0.25, 0.3) is 11.0 Å². The van der Waals surface area contributed by atoms with E-state index in [1.165, 1.54) is 5.56 Å². The van der Waals surface area contributed by atoms with Gasteiger partial charge < -0.3 is 23.5 Å². The van der Waals surface area contributed by atoms with Gasteiger partial charge in [0.1, 0.15) is 30.3 Å². The van der Waals surface area contributed by atoms with Gasteiger partial charge in [-0.05, 0) is 41.5 Å². The summed E-state index contributed by atoms with van der Waals surface area (Å²) in [7, 11) is 0. The van der Waals surface area contributed by atoms with Crippen LogP contribution in [0.2, 0.25) is 0 Å². The maximum Gasteiger partial charge on any atom is 0.164 e. The van der Waals surface area contributed by atoms with Crippen molar-refractivity contribution >= 4 is 23.7 Å². The Labute approximate surface area is 263 Å². The molecule has 3 heterocycles. The molecule has 0 saturated carbocycles. The van der Waals surface area contributed by atoms with E-state index in [2.05, 4.69) is 52.1 Å². The van der Waals surface area contributed by atoms with Crippen LogP contribution in [0.4, 0.5) is 0 Å². The second-order valence-corrected chi connectivity index (χ2v) is 12.1. The number of benzene rings is 3. The molecule has 0 amide bonds. The quantitative estimate of drug-likeness (QED) is 0.163. The summed E-state index contributed by atoms with van der Waals surface area (Å²) < 4.78 is 28.7. The lowest BCUT2D eigenvalue weighted by atomic mass is 10.1. The molecule has 1 fully saturated rings. The Hall–Kier alpha value is -3.53. The molecule has 0 spiro atoms. The number of aryl methyl sites for hydroxylation is 1. The highest BCUT2D eigenvalue weighted by Gasteiger charge is 2.48. The molecule has 226 valence electrons. The Morgan fingerprint density at radius 1 is 0.773 bits per heavy atom. The van der Waals surface area contributed by atoms with E-state index in [9.17, 15) is 0 Å². The molecule has 7 rings (SSSR count). The van der Waals surface area contributed by atoms with Gasteiger partial charge in [0.05, 0.1) is 32.1 Å². The molecular weight excluding hydrogens is 570 g/mol. The van der Waals surface area contributed by atoms with E-state index >= 15 is 0 Å². The van der Waals surface area contributed by atoms with E-state index in [0.717, 1.165) is 52.7 Å². The Balaban J connectivity index is 1.23. The van der Waals surface area contributed by atoms with Crippen molar-refractivity contribution in [3.05, 3.63) is 131 Å². The van der Waals surface area contributed by atoms with Gasteiger partial charge in [-0.2, -0.15) is 12.6 Å². The Bertz CT molecular complexity index is 1650. The molecule has 3 aromatic carbocycles. The molecule has 1 aliphatic heterocycles. The second-order valence-electron chi connectivity index (χ2n) is 11.5. The van der Waals surface area contributed by atoms with Gasteiger partial charge in [0.25, 0.3) is 0 Å². The fourth-order valence-corrected chi connectivity index (χ4v) is 6.67. The number of rotatable bonds is 11. The molecule has 8 heteroatoms. The van der Waals surface area contributed by atoms with Crippen molar-refractivity contribution in [2.75, 3.05) is 6.61 Å². The smallest absolute Gasteiger partial charge is 0.164 e. The van der Waals surface area contributed by atoms with Gasteiger partial charge in [0, 0.05) is 16.8 Å². The first kappa shape index (κ1) is 29.2. The molecule has 2 aliphatic rings. The molecule has 0 bridgehead atoms. The van der Waals surface area contributed by atoms with Crippen LogP contribution in [0.3, 0.4) is 0 Å². The largest absolute Gasteiger partial charge is 0.374 e. The zero-order valence-corrected chi connectivity index (χ0v) is 25.5. The number of nitrogens with zero attached hydrogens (tertiary/aromatic N) is 3. The van der Waals surface area contributed by atoms with E-state index in [-0.39, 0.29) is 17.5 Å². The minimum absolute atomic E-state index is 0.0771. The molecule has 44 heavy (non-hydrogen) atoms. The van der Waals surface area contributed by atoms with E-state index in [1.54, 1.807) is 6.33 Å². The topological polar surface area (TPSA) is 67.6 Å². The van der Waals surface area contributed by atoms with Crippen LogP contribution in [-0.4, -0.2) is 39.5 Å².